The van der Waals surface area contributed by atoms with Crippen molar-refractivity contribution in [2.24, 2.45) is 0 Å². The molecule has 0 unspecified atom stereocenters. The van der Waals surface area contributed by atoms with Gasteiger partial charge in [0.25, 0.3) is 0 Å². The predicted molar refractivity (Wildman–Crippen MR) is 109 cm³/mol. The summed E-state index contributed by atoms with van der Waals surface area (Å²) in [5.74, 6) is 1.25. The molecule has 0 amide bonds. The highest BCUT2D eigenvalue weighted by Gasteiger charge is 2.18. The van der Waals surface area contributed by atoms with E-state index in [0.717, 1.165) is 43.1 Å². The maximum Gasteiger partial charge on any atom is 0.235 e. The molecule has 6 rings (SSSR count). The third kappa shape index (κ3) is 2.26. The average molecular weight is 383 g/mol. The van der Waals surface area contributed by atoms with E-state index in [1.165, 1.54) is 11.3 Å². The summed E-state index contributed by atoms with van der Waals surface area (Å²) in [5, 5.41) is 16.3. The van der Waals surface area contributed by atoms with E-state index in [1.807, 2.05) is 55.5 Å². The van der Waals surface area contributed by atoms with Crippen molar-refractivity contribution >= 4 is 38.2 Å². The lowest BCUT2D eigenvalue weighted by Crippen LogP contribution is -1.90. The number of para-hydroxylation sites is 1. The maximum atomic E-state index is 5.95. The van der Waals surface area contributed by atoms with Gasteiger partial charge in [0.05, 0.1) is 5.52 Å². The Balaban J connectivity index is 1.54. The van der Waals surface area contributed by atoms with Crippen molar-refractivity contribution in [1.82, 2.24) is 24.8 Å². The zero-order valence-corrected chi connectivity index (χ0v) is 15.6. The van der Waals surface area contributed by atoms with Crippen molar-refractivity contribution in [2.45, 2.75) is 6.92 Å². The second kappa shape index (κ2) is 5.71. The van der Waals surface area contributed by atoms with Crippen LogP contribution in [0.3, 0.4) is 0 Å². The van der Waals surface area contributed by atoms with Crippen molar-refractivity contribution in [3.05, 3.63) is 66.4 Å². The Morgan fingerprint density at radius 3 is 2.82 bits per heavy atom. The van der Waals surface area contributed by atoms with Gasteiger partial charge in [0.1, 0.15) is 10.6 Å². The summed E-state index contributed by atoms with van der Waals surface area (Å²) in [5.41, 5.74) is 3.81. The third-order valence-corrected chi connectivity index (χ3v) is 5.67. The second-order valence-corrected chi connectivity index (χ2v) is 7.55. The summed E-state index contributed by atoms with van der Waals surface area (Å²) in [4.78, 5) is 5.34. The van der Waals surface area contributed by atoms with E-state index >= 15 is 0 Å². The number of aryl methyl sites for hydroxylation is 1. The largest absolute Gasteiger partial charge is 0.453 e. The predicted octanol–water partition coefficient (Wildman–Crippen LogP) is 5.12. The fourth-order valence-corrected chi connectivity index (χ4v) is 4.29. The fourth-order valence-electron chi connectivity index (χ4n) is 3.41. The zero-order valence-electron chi connectivity index (χ0n) is 14.8. The summed E-state index contributed by atoms with van der Waals surface area (Å²) < 4.78 is 7.70. The minimum absolute atomic E-state index is 0.600. The maximum absolute atomic E-state index is 5.95. The van der Waals surface area contributed by atoms with Crippen LogP contribution in [0.5, 0.6) is 0 Å². The summed E-state index contributed by atoms with van der Waals surface area (Å²) in [6, 6.07) is 20.1. The molecule has 0 saturated carbocycles. The number of benzene rings is 2. The van der Waals surface area contributed by atoms with Gasteiger partial charge < -0.3 is 4.42 Å². The molecule has 2 aromatic carbocycles. The smallest absolute Gasteiger partial charge is 0.235 e. The lowest BCUT2D eigenvalue weighted by atomic mass is 10.1. The van der Waals surface area contributed by atoms with Crippen LogP contribution in [0, 0.1) is 6.92 Å². The molecule has 4 aromatic heterocycles. The first-order valence-electron chi connectivity index (χ1n) is 8.84. The van der Waals surface area contributed by atoms with E-state index in [9.17, 15) is 0 Å². The topological polar surface area (TPSA) is 69.1 Å². The highest BCUT2D eigenvalue weighted by molar-refractivity contribution is 7.19. The zero-order chi connectivity index (χ0) is 18.7. The minimum atomic E-state index is 0.600. The standard InChI is InChI=1S/C21H13N5OS/c1-12-9-10-14-15(6-4-7-16(14)22-12)20-25-26-19(23-24-21(26)28-20)18-11-13-5-2-3-8-17(13)27-18/h2-11H,1H3. The van der Waals surface area contributed by atoms with Crippen LogP contribution in [-0.4, -0.2) is 24.8 Å². The molecule has 0 aliphatic heterocycles. The van der Waals surface area contributed by atoms with E-state index in [0.29, 0.717) is 11.6 Å². The Labute approximate surface area is 163 Å². The SMILES string of the molecule is Cc1ccc2c(-c3nn4c(-c5cc6ccccc6o5)nnc4s3)cccc2n1. The van der Waals surface area contributed by atoms with Gasteiger partial charge in [0.2, 0.25) is 10.8 Å². The molecule has 0 radical (unpaired) electrons. The van der Waals surface area contributed by atoms with Gasteiger partial charge in [-0.1, -0.05) is 47.7 Å². The van der Waals surface area contributed by atoms with E-state index in [4.69, 9.17) is 9.52 Å². The normalized spacial score (nSPS) is 11.8. The Bertz CT molecular complexity index is 1460. The molecule has 6 nitrogen and oxygen atoms in total. The molecule has 0 atom stereocenters. The van der Waals surface area contributed by atoms with E-state index in [2.05, 4.69) is 27.3 Å². The molecule has 7 heteroatoms. The number of fused-ring (bicyclic) bond motifs is 3. The number of hydrogen-bond acceptors (Lipinski definition) is 6. The number of rotatable bonds is 2. The van der Waals surface area contributed by atoms with Crippen LogP contribution in [0.25, 0.3) is 49.0 Å². The van der Waals surface area contributed by atoms with Gasteiger partial charge in [0, 0.05) is 22.0 Å². The lowest BCUT2D eigenvalue weighted by Gasteiger charge is -2.03. The van der Waals surface area contributed by atoms with Gasteiger partial charge >= 0.3 is 0 Å². The number of pyridine rings is 1. The van der Waals surface area contributed by atoms with Crippen molar-refractivity contribution in [3.8, 4) is 22.2 Å². The van der Waals surface area contributed by atoms with Crippen LogP contribution in [0.15, 0.2) is 65.1 Å². The van der Waals surface area contributed by atoms with Crippen LogP contribution in [-0.2, 0) is 0 Å². The molecule has 4 heterocycles. The number of furan rings is 1. The Hall–Kier alpha value is -3.58. The van der Waals surface area contributed by atoms with Gasteiger partial charge in [-0.25, -0.2) is 0 Å². The van der Waals surface area contributed by atoms with Crippen molar-refractivity contribution < 1.29 is 4.42 Å². The van der Waals surface area contributed by atoms with E-state index < -0.39 is 0 Å². The highest BCUT2D eigenvalue weighted by Crippen LogP contribution is 2.33. The number of hydrogen-bond donors (Lipinski definition) is 0. The van der Waals surface area contributed by atoms with Crippen LogP contribution in [0.1, 0.15) is 5.69 Å². The van der Waals surface area contributed by atoms with Crippen molar-refractivity contribution in [1.29, 1.82) is 0 Å². The van der Waals surface area contributed by atoms with Crippen molar-refractivity contribution in [2.75, 3.05) is 0 Å². The van der Waals surface area contributed by atoms with Crippen LogP contribution < -0.4 is 0 Å². The summed E-state index contributed by atoms with van der Waals surface area (Å²) in [6.45, 7) is 1.99. The molecule has 0 spiro atoms. The molecule has 0 saturated heterocycles. The van der Waals surface area contributed by atoms with Crippen LogP contribution in [0.2, 0.25) is 0 Å². The van der Waals surface area contributed by atoms with Crippen LogP contribution >= 0.6 is 11.3 Å². The molecular weight excluding hydrogens is 370 g/mol. The first kappa shape index (κ1) is 15.5. The molecule has 0 aliphatic rings. The molecule has 0 bridgehead atoms. The Morgan fingerprint density at radius 1 is 0.964 bits per heavy atom. The minimum Gasteiger partial charge on any atom is -0.453 e. The monoisotopic (exact) mass is 383 g/mol. The summed E-state index contributed by atoms with van der Waals surface area (Å²) in [6.07, 6.45) is 0. The molecule has 0 N–H and O–H groups in total. The molecule has 134 valence electrons. The molecule has 6 aromatic rings. The molecule has 28 heavy (non-hydrogen) atoms. The van der Waals surface area contributed by atoms with Crippen molar-refractivity contribution in [3.63, 3.8) is 0 Å². The first-order valence-corrected chi connectivity index (χ1v) is 9.66. The van der Waals surface area contributed by atoms with Crippen LogP contribution in [0.4, 0.5) is 0 Å². The summed E-state index contributed by atoms with van der Waals surface area (Å²) >= 11 is 1.50. The lowest BCUT2D eigenvalue weighted by molar-refractivity contribution is 0.622. The van der Waals surface area contributed by atoms with Gasteiger partial charge in [-0.05, 0) is 31.2 Å². The number of aromatic nitrogens is 5. The number of nitrogens with zero attached hydrogens (tertiary/aromatic N) is 5. The quantitative estimate of drug-likeness (QED) is 0.415. The van der Waals surface area contributed by atoms with E-state index in [1.54, 1.807) is 4.52 Å². The molecule has 0 fully saturated rings. The fraction of sp³-hybridized carbons (Fsp3) is 0.0476. The van der Waals surface area contributed by atoms with Gasteiger partial charge in [0.15, 0.2) is 5.76 Å². The Kier molecular flexibility index (Phi) is 3.15. The average Bonchev–Trinajstić information content (AvgIpc) is 3.40. The van der Waals surface area contributed by atoms with Gasteiger partial charge in [-0.3, -0.25) is 4.98 Å². The highest BCUT2D eigenvalue weighted by atomic mass is 32.1. The molecular formula is C21H13N5OS. The summed E-state index contributed by atoms with van der Waals surface area (Å²) in [7, 11) is 0. The second-order valence-electron chi connectivity index (χ2n) is 6.60. The first-order chi connectivity index (χ1) is 13.8. The third-order valence-electron chi connectivity index (χ3n) is 4.74. The molecule has 0 aliphatic carbocycles. The van der Waals surface area contributed by atoms with Gasteiger partial charge in [-0.15, -0.1) is 10.2 Å². The Morgan fingerprint density at radius 2 is 1.89 bits per heavy atom. The van der Waals surface area contributed by atoms with Gasteiger partial charge in [-0.2, -0.15) is 9.61 Å². The van der Waals surface area contributed by atoms with E-state index in [-0.39, 0.29) is 0 Å².